The van der Waals surface area contributed by atoms with Crippen molar-refractivity contribution in [1.82, 2.24) is 4.90 Å². The number of ether oxygens (including phenoxy) is 1. The largest absolute Gasteiger partial charge is 0.452 e. The number of rotatable bonds is 10. The number of esters is 1. The molecule has 0 radical (unpaired) electrons. The zero-order valence-corrected chi connectivity index (χ0v) is 19.3. The van der Waals surface area contributed by atoms with E-state index in [1.807, 2.05) is 27.7 Å². The molecule has 0 bridgehead atoms. The lowest BCUT2D eigenvalue weighted by atomic mass is 10.1. The zero-order valence-electron chi connectivity index (χ0n) is 17.6. The summed E-state index contributed by atoms with van der Waals surface area (Å²) in [4.78, 5) is 26.8. The summed E-state index contributed by atoms with van der Waals surface area (Å²) in [5, 5.41) is 1.65. The van der Waals surface area contributed by atoms with Crippen molar-refractivity contribution in [2.45, 2.75) is 31.9 Å². The second kappa shape index (κ2) is 10.6. The Balaban J connectivity index is 2.09. The molecule has 0 aliphatic carbocycles. The highest BCUT2D eigenvalue weighted by Crippen LogP contribution is 2.23. The summed E-state index contributed by atoms with van der Waals surface area (Å²) in [6.07, 6.45) is 0. The van der Waals surface area contributed by atoms with Crippen LogP contribution in [0.5, 0.6) is 0 Å². The highest BCUT2D eigenvalue weighted by atomic mass is 32.2. The van der Waals surface area contributed by atoms with Crippen molar-refractivity contribution in [3.8, 4) is 0 Å². The number of nitrogens with zero attached hydrogens (tertiary/aromatic N) is 1. The van der Waals surface area contributed by atoms with Gasteiger partial charge in [-0.25, -0.2) is 13.2 Å². The molecule has 0 saturated carbocycles. The van der Waals surface area contributed by atoms with Gasteiger partial charge in [-0.15, -0.1) is 11.3 Å². The molecule has 1 amide bonds. The highest BCUT2D eigenvalue weighted by Gasteiger charge is 2.22. The van der Waals surface area contributed by atoms with Gasteiger partial charge in [-0.1, -0.05) is 45.9 Å². The van der Waals surface area contributed by atoms with Gasteiger partial charge in [0.15, 0.2) is 6.61 Å². The Hall–Kier alpha value is -2.39. The van der Waals surface area contributed by atoms with Crippen molar-refractivity contribution < 1.29 is 22.7 Å². The summed E-state index contributed by atoms with van der Waals surface area (Å²) in [5.74, 6) is -0.462. The molecule has 1 aromatic carbocycles. The van der Waals surface area contributed by atoms with Gasteiger partial charge >= 0.3 is 5.97 Å². The van der Waals surface area contributed by atoms with Crippen LogP contribution in [0.25, 0.3) is 0 Å². The monoisotopic (exact) mass is 452 g/mol. The summed E-state index contributed by atoms with van der Waals surface area (Å²) < 4.78 is 32.7. The number of thiophene rings is 1. The Morgan fingerprint density at radius 3 is 2.23 bits per heavy atom. The van der Waals surface area contributed by atoms with Crippen molar-refractivity contribution in [1.29, 1.82) is 0 Å². The van der Waals surface area contributed by atoms with E-state index in [0.717, 1.165) is 11.3 Å². The number of sulfonamides is 1. The van der Waals surface area contributed by atoms with Crippen LogP contribution < -0.4 is 4.72 Å². The zero-order chi connectivity index (χ0) is 22.3. The van der Waals surface area contributed by atoms with Crippen LogP contribution in [0.1, 0.15) is 38.1 Å². The molecule has 30 heavy (non-hydrogen) atoms. The molecule has 0 atom stereocenters. The molecule has 0 aliphatic heterocycles. The third-order valence-corrected chi connectivity index (χ3v) is 6.76. The van der Waals surface area contributed by atoms with E-state index in [1.165, 1.54) is 18.2 Å². The minimum absolute atomic E-state index is 0.0460. The van der Waals surface area contributed by atoms with Crippen LogP contribution in [0.3, 0.4) is 0 Å². The summed E-state index contributed by atoms with van der Waals surface area (Å²) >= 11 is 1.07. The first-order valence-corrected chi connectivity index (χ1v) is 12.1. The van der Waals surface area contributed by atoms with E-state index in [1.54, 1.807) is 28.5 Å². The maximum atomic E-state index is 12.6. The molecule has 1 aromatic heterocycles. The minimum atomic E-state index is -3.81. The summed E-state index contributed by atoms with van der Waals surface area (Å²) in [6.45, 7) is 8.82. The van der Waals surface area contributed by atoms with Gasteiger partial charge in [-0.3, -0.25) is 9.52 Å². The Bertz CT molecular complexity index is 944. The molecule has 1 heterocycles. The fraction of sp³-hybridized carbons (Fsp3) is 0.429. The van der Waals surface area contributed by atoms with Crippen LogP contribution in [0, 0.1) is 11.8 Å². The number of anilines is 1. The molecule has 0 saturated heterocycles. The van der Waals surface area contributed by atoms with E-state index < -0.39 is 22.6 Å². The molecular weight excluding hydrogens is 424 g/mol. The van der Waals surface area contributed by atoms with Crippen LogP contribution in [-0.4, -0.2) is 44.9 Å². The number of para-hydroxylation sites is 1. The van der Waals surface area contributed by atoms with Crippen LogP contribution in [0.15, 0.2) is 46.0 Å². The molecule has 0 fully saturated rings. The van der Waals surface area contributed by atoms with Gasteiger partial charge in [0.25, 0.3) is 15.9 Å². The first kappa shape index (κ1) is 23.9. The second-order valence-corrected chi connectivity index (χ2v) is 10.6. The molecule has 0 unspecified atom stereocenters. The smallest absolute Gasteiger partial charge is 0.340 e. The van der Waals surface area contributed by atoms with E-state index in [2.05, 4.69) is 4.72 Å². The van der Waals surface area contributed by atoms with Gasteiger partial charge in [0.2, 0.25) is 0 Å². The first-order chi connectivity index (χ1) is 14.1. The number of benzene rings is 1. The fourth-order valence-electron chi connectivity index (χ4n) is 2.82. The Morgan fingerprint density at radius 1 is 1.03 bits per heavy atom. The van der Waals surface area contributed by atoms with Crippen LogP contribution in [-0.2, 0) is 19.6 Å². The second-order valence-electron chi connectivity index (χ2n) is 7.75. The van der Waals surface area contributed by atoms with Gasteiger partial charge < -0.3 is 9.64 Å². The molecule has 9 heteroatoms. The average molecular weight is 453 g/mol. The van der Waals surface area contributed by atoms with Gasteiger partial charge in [-0.05, 0) is 35.4 Å². The van der Waals surface area contributed by atoms with Crippen LogP contribution in [0.4, 0.5) is 5.69 Å². The number of nitrogens with one attached hydrogen (secondary N) is 1. The molecule has 1 N–H and O–H groups in total. The van der Waals surface area contributed by atoms with E-state index in [-0.39, 0.29) is 33.2 Å². The van der Waals surface area contributed by atoms with Crippen molar-refractivity contribution >= 4 is 38.9 Å². The van der Waals surface area contributed by atoms with Crippen LogP contribution >= 0.6 is 11.3 Å². The third-order valence-electron chi connectivity index (χ3n) is 4.00. The Kier molecular flexibility index (Phi) is 8.43. The number of hydrogen-bond acceptors (Lipinski definition) is 6. The van der Waals surface area contributed by atoms with Crippen molar-refractivity contribution in [2.24, 2.45) is 11.8 Å². The fourth-order valence-corrected chi connectivity index (χ4v) is 4.89. The Morgan fingerprint density at radius 2 is 1.67 bits per heavy atom. The molecule has 7 nitrogen and oxygen atoms in total. The molecule has 0 aliphatic rings. The van der Waals surface area contributed by atoms with Crippen molar-refractivity contribution in [2.75, 3.05) is 24.4 Å². The third kappa shape index (κ3) is 6.84. The van der Waals surface area contributed by atoms with Gasteiger partial charge in [0.1, 0.15) is 4.21 Å². The normalized spacial score (nSPS) is 11.5. The lowest BCUT2D eigenvalue weighted by Crippen LogP contribution is -2.39. The first-order valence-electron chi connectivity index (χ1n) is 9.70. The summed E-state index contributed by atoms with van der Waals surface area (Å²) in [7, 11) is -3.81. The number of amides is 1. The average Bonchev–Trinajstić information content (AvgIpc) is 3.20. The topological polar surface area (TPSA) is 92.8 Å². The summed E-state index contributed by atoms with van der Waals surface area (Å²) in [6, 6.07) is 9.26. The van der Waals surface area contributed by atoms with Crippen molar-refractivity contribution in [3.05, 3.63) is 47.3 Å². The number of carbonyl (C=O) groups excluding carboxylic acids is 2. The number of carbonyl (C=O) groups is 2. The maximum absolute atomic E-state index is 12.6. The van der Waals surface area contributed by atoms with E-state index in [4.69, 9.17) is 4.74 Å². The lowest BCUT2D eigenvalue weighted by molar-refractivity contribution is -0.135. The van der Waals surface area contributed by atoms with Gasteiger partial charge in [0.05, 0.1) is 11.3 Å². The van der Waals surface area contributed by atoms with E-state index in [9.17, 15) is 18.0 Å². The molecule has 2 rings (SSSR count). The van der Waals surface area contributed by atoms with Gasteiger partial charge in [0, 0.05) is 13.1 Å². The van der Waals surface area contributed by atoms with Gasteiger partial charge in [-0.2, -0.15) is 0 Å². The SMILES string of the molecule is CC(C)CN(CC(C)C)C(=O)COC(=O)c1ccccc1NS(=O)(=O)c1cccs1. The lowest BCUT2D eigenvalue weighted by Gasteiger charge is -2.26. The standard InChI is InChI=1S/C21H28N2O5S2/c1-15(2)12-23(13-16(3)4)19(24)14-28-21(25)17-8-5-6-9-18(17)22-30(26,27)20-10-7-11-29-20/h5-11,15-16,22H,12-14H2,1-4H3. The molecular formula is C21H28N2O5S2. The predicted molar refractivity (Wildman–Crippen MR) is 118 cm³/mol. The molecule has 0 spiro atoms. The number of hydrogen-bond donors (Lipinski definition) is 1. The summed E-state index contributed by atoms with van der Waals surface area (Å²) in [5.41, 5.74) is 0.147. The maximum Gasteiger partial charge on any atom is 0.340 e. The minimum Gasteiger partial charge on any atom is -0.452 e. The highest BCUT2D eigenvalue weighted by molar-refractivity contribution is 7.94. The molecule has 2 aromatic rings. The quantitative estimate of drug-likeness (QED) is 0.553. The van der Waals surface area contributed by atoms with Crippen molar-refractivity contribution in [3.63, 3.8) is 0 Å². The molecule has 164 valence electrons. The van der Waals surface area contributed by atoms with Crippen LogP contribution in [0.2, 0.25) is 0 Å². The van der Waals surface area contributed by atoms with E-state index in [0.29, 0.717) is 13.1 Å². The predicted octanol–water partition coefficient (Wildman–Crippen LogP) is 3.85. The van der Waals surface area contributed by atoms with E-state index >= 15 is 0 Å². The Labute approximate surface area is 182 Å².